The molecule has 2 unspecified atom stereocenters. The van der Waals surface area contributed by atoms with Crippen LogP contribution in [0.2, 0.25) is 0 Å². The van der Waals surface area contributed by atoms with Gasteiger partial charge in [0.15, 0.2) is 0 Å². The van der Waals surface area contributed by atoms with Crippen LogP contribution < -0.4 is 5.32 Å². The molecule has 0 fully saturated rings. The summed E-state index contributed by atoms with van der Waals surface area (Å²) in [6.45, 7) is 9.73. The molecule has 0 saturated carbocycles. The lowest BCUT2D eigenvalue weighted by atomic mass is 10.2. The van der Waals surface area contributed by atoms with Gasteiger partial charge in [0.2, 0.25) is 0 Å². The van der Waals surface area contributed by atoms with Crippen LogP contribution in [0.1, 0.15) is 34.1 Å². The number of aliphatic hydroxyl groups is 1. The summed E-state index contributed by atoms with van der Waals surface area (Å²) in [5.41, 5.74) is 0. The predicted octanol–water partition coefficient (Wildman–Crippen LogP) is 1.89. The number of hydrogen-bond donors (Lipinski definition) is 2. The lowest BCUT2D eigenvalue weighted by molar-refractivity contribution is 0.145. The maximum atomic E-state index is 8.93. The molecule has 0 heterocycles. The highest BCUT2D eigenvalue weighted by Crippen LogP contribution is 2.23. The molecule has 2 N–H and O–H groups in total. The van der Waals surface area contributed by atoms with Gasteiger partial charge in [-0.3, -0.25) is 0 Å². The summed E-state index contributed by atoms with van der Waals surface area (Å²) in [5.74, 6) is 1.08. The van der Waals surface area contributed by atoms with Crippen LogP contribution in [0, 0.1) is 0 Å². The van der Waals surface area contributed by atoms with E-state index in [9.17, 15) is 0 Å². The number of rotatable bonds is 8. The van der Waals surface area contributed by atoms with E-state index in [1.807, 2.05) is 11.8 Å². The molecule has 98 valence electrons. The summed E-state index contributed by atoms with van der Waals surface area (Å²) < 4.78 is 5.43. The summed E-state index contributed by atoms with van der Waals surface area (Å²) >= 11 is 1.95. The summed E-state index contributed by atoms with van der Waals surface area (Å²) in [6.07, 6.45) is 0.748. The molecular formula is C12H27NO2S. The van der Waals surface area contributed by atoms with Crippen LogP contribution in [0.3, 0.4) is 0 Å². The Morgan fingerprint density at radius 2 is 2.00 bits per heavy atom. The highest BCUT2D eigenvalue weighted by molar-refractivity contribution is 8.00. The van der Waals surface area contributed by atoms with E-state index in [1.165, 1.54) is 0 Å². The summed E-state index contributed by atoms with van der Waals surface area (Å²) in [7, 11) is 1.70. The zero-order valence-corrected chi connectivity index (χ0v) is 12.1. The molecule has 16 heavy (non-hydrogen) atoms. The molecule has 0 aliphatic rings. The van der Waals surface area contributed by atoms with Crippen molar-refractivity contribution in [3.05, 3.63) is 0 Å². The van der Waals surface area contributed by atoms with Crippen LogP contribution in [0.15, 0.2) is 0 Å². The molecule has 0 aromatic rings. The molecule has 3 nitrogen and oxygen atoms in total. The van der Waals surface area contributed by atoms with E-state index >= 15 is 0 Å². The minimum absolute atomic E-state index is 0.208. The normalized spacial score (nSPS) is 16.1. The summed E-state index contributed by atoms with van der Waals surface area (Å²) in [5, 5.41) is 12.4. The van der Waals surface area contributed by atoms with Gasteiger partial charge in [-0.25, -0.2) is 0 Å². The molecule has 0 aromatic heterocycles. The van der Waals surface area contributed by atoms with Gasteiger partial charge in [0, 0.05) is 36.3 Å². The van der Waals surface area contributed by atoms with Crippen LogP contribution in [0.25, 0.3) is 0 Å². The number of nitrogens with one attached hydrogen (secondary N) is 1. The summed E-state index contributed by atoms with van der Waals surface area (Å²) in [4.78, 5) is 0. The van der Waals surface area contributed by atoms with Gasteiger partial charge < -0.3 is 15.2 Å². The fourth-order valence-electron chi connectivity index (χ4n) is 1.40. The second kappa shape index (κ2) is 8.34. The fourth-order valence-corrected chi connectivity index (χ4v) is 2.24. The Hall–Kier alpha value is 0.230. The predicted molar refractivity (Wildman–Crippen MR) is 72.2 cm³/mol. The highest BCUT2D eigenvalue weighted by Gasteiger charge is 2.15. The van der Waals surface area contributed by atoms with Crippen molar-refractivity contribution < 1.29 is 9.84 Å². The van der Waals surface area contributed by atoms with Gasteiger partial charge in [-0.05, 0) is 13.3 Å². The fraction of sp³-hybridized carbons (Fsp3) is 1.00. The van der Waals surface area contributed by atoms with Crippen molar-refractivity contribution in [3.8, 4) is 0 Å². The van der Waals surface area contributed by atoms with E-state index in [0.717, 1.165) is 12.2 Å². The van der Waals surface area contributed by atoms with Gasteiger partial charge in [-0.2, -0.15) is 11.8 Å². The average molecular weight is 249 g/mol. The largest absolute Gasteiger partial charge is 0.396 e. The van der Waals surface area contributed by atoms with Crippen LogP contribution >= 0.6 is 11.8 Å². The van der Waals surface area contributed by atoms with Gasteiger partial charge >= 0.3 is 0 Å². The van der Waals surface area contributed by atoms with Crippen molar-refractivity contribution in [3.63, 3.8) is 0 Å². The third-order valence-electron chi connectivity index (χ3n) is 2.13. The first-order valence-electron chi connectivity index (χ1n) is 5.89. The molecule has 0 bridgehead atoms. The van der Waals surface area contributed by atoms with Gasteiger partial charge in [-0.15, -0.1) is 0 Å². The van der Waals surface area contributed by atoms with E-state index in [4.69, 9.17) is 9.84 Å². The van der Waals surface area contributed by atoms with Crippen LogP contribution in [-0.2, 0) is 4.74 Å². The molecule has 0 amide bonds. The van der Waals surface area contributed by atoms with Gasteiger partial charge in [-0.1, -0.05) is 20.8 Å². The van der Waals surface area contributed by atoms with Crippen LogP contribution in [0.4, 0.5) is 0 Å². The maximum Gasteiger partial charge on any atom is 0.0616 e. The van der Waals surface area contributed by atoms with Gasteiger partial charge in [0.25, 0.3) is 0 Å². The van der Waals surface area contributed by atoms with E-state index in [0.29, 0.717) is 17.4 Å². The number of ether oxygens (including phenoxy) is 1. The number of hydrogen-bond acceptors (Lipinski definition) is 4. The second-order valence-electron chi connectivity index (χ2n) is 5.16. The Labute approximate surface area is 104 Å². The SMILES string of the molecule is COCC(CCO)NC(C)CSC(C)(C)C. The van der Waals surface area contributed by atoms with Crippen molar-refractivity contribution in [2.45, 2.75) is 50.9 Å². The molecule has 0 aliphatic heterocycles. The van der Waals surface area contributed by atoms with Crippen LogP contribution in [-0.4, -0.2) is 48.0 Å². The van der Waals surface area contributed by atoms with Crippen molar-refractivity contribution in [2.24, 2.45) is 0 Å². The lowest BCUT2D eigenvalue weighted by Gasteiger charge is -2.25. The Kier molecular flexibility index (Phi) is 8.46. The number of aliphatic hydroxyl groups excluding tert-OH is 1. The van der Waals surface area contributed by atoms with Gasteiger partial charge in [0.05, 0.1) is 6.61 Å². The zero-order valence-electron chi connectivity index (χ0n) is 11.2. The average Bonchev–Trinajstić information content (AvgIpc) is 2.14. The second-order valence-corrected chi connectivity index (χ2v) is 7.00. The summed E-state index contributed by atoms with van der Waals surface area (Å²) in [6, 6.07) is 0.696. The molecule has 0 aliphatic carbocycles. The molecular weight excluding hydrogens is 222 g/mol. The Morgan fingerprint density at radius 1 is 1.38 bits per heavy atom. The monoisotopic (exact) mass is 249 g/mol. The third-order valence-corrected chi connectivity index (χ3v) is 3.66. The molecule has 0 spiro atoms. The highest BCUT2D eigenvalue weighted by atomic mass is 32.2. The molecule has 0 radical (unpaired) electrons. The minimum Gasteiger partial charge on any atom is -0.396 e. The Bertz CT molecular complexity index is 165. The van der Waals surface area contributed by atoms with Crippen molar-refractivity contribution in [1.82, 2.24) is 5.32 Å². The van der Waals surface area contributed by atoms with E-state index in [2.05, 4.69) is 33.0 Å². The first-order valence-corrected chi connectivity index (χ1v) is 6.87. The van der Waals surface area contributed by atoms with Crippen molar-refractivity contribution in [1.29, 1.82) is 0 Å². The van der Waals surface area contributed by atoms with E-state index in [-0.39, 0.29) is 12.6 Å². The maximum absolute atomic E-state index is 8.93. The lowest BCUT2D eigenvalue weighted by Crippen LogP contribution is -2.41. The number of thioether (sulfide) groups is 1. The van der Waals surface area contributed by atoms with Gasteiger partial charge in [0.1, 0.15) is 0 Å². The Balaban J connectivity index is 3.85. The quantitative estimate of drug-likeness (QED) is 0.689. The van der Waals surface area contributed by atoms with E-state index < -0.39 is 0 Å². The number of methoxy groups -OCH3 is 1. The molecule has 0 saturated heterocycles. The topological polar surface area (TPSA) is 41.5 Å². The molecule has 2 atom stereocenters. The minimum atomic E-state index is 0.208. The van der Waals surface area contributed by atoms with E-state index in [1.54, 1.807) is 7.11 Å². The first kappa shape index (κ1) is 16.2. The smallest absolute Gasteiger partial charge is 0.0616 e. The molecule has 0 aromatic carbocycles. The Morgan fingerprint density at radius 3 is 2.44 bits per heavy atom. The molecule has 4 heteroatoms. The van der Waals surface area contributed by atoms with Crippen LogP contribution in [0.5, 0.6) is 0 Å². The standard InChI is InChI=1S/C12H27NO2S/c1-10(9-16-12(2,3)4)13-11(6-7-14)8-15-5/h10-11,13-14H,6-9H2,1-5H3. The molecule has 0 rings (SSSR count). The van der Waals surface area contributed by atoms with Crippen molar-refractivity contribution in [2.75, 3.05) is 26.1 Å². The zero-order chi connectivity index (χ0) is 12.6. The third kappa shape index (κ3) is 9.46. The van der Waals surface area contributed by atoms with Crippen molar-refractivity contribution >= 4 is 11.8 Å². The first-order chi connectivity index (χ1) is 7.39.